The van der Waals surface area contributed by atoms with Crippen LogP contribution in [0.4, 0.5) is 0 Å². The number of aromatic nitrogens is 3. The van der Waals surface area contributed by atoms with Gasteiger partial charge in [0, 0.05) is 11.8 Å². The molecule has 2 aromatic heterocycles. The highest BCUT2D eigenvalue weighted by Crippen LogP contribution is 2.24. The Morgan fingerprint density at radius 2 is 1.66 bits per heavy atom. The molecule has 164 valence electrons. The van der Waals surface area contributed by atoms with Crippen molar-refractivity contribution in [2.45, 2.75) is 40.3 Å². The summed E-state index contributed by atoms with van der Waals surface area (Å²) >= 11 is 0. The molecule has 2 heterocycles. The van der Waals surface area contributed by atoms with Crippen molar-refractivity contribution in [1.82, 2.24) is 14.5 Å². The summed E-state index contributed by atoms with van der Waals surface area (Å²) in [6, 6.07) is 15.2. The Morgan fingerprint density at radius 1 is 0.938 bits per heavy atom. The van der Waals surface area contributed by atoms with E-state index in [9.17, 15) is 9.59 Å². The number of carbonyl (C=O) groups is 2. The fourth-order valence-electron chi connectivity index (χ4n) is 3.91. The number of fused-ring (bicyclic) bond motifs is 2. The number of aryl methyl sites for hydroxylation is 2. The summed E-state index contributed by atoms with van der Waals surface area (Å²) < 4.78 is 12.7. The van der Waals surface area contributed by atoms with Gasteiger partial charge in [0.2, 0.25) is 0 Å². The van der Waals surface area contributed by atoms with Gasteiger partial charge in [-0.2, -0.15) is 0 Å². The fourth-order valence-corrected chi connectivity index (χ4v) is 3.91. The molecule has 4 aromatic rings. The van der Waals surface area contributed by atoms with Crippen molar-refractivity contribution in [3.63, 3.8) is 0 Å². The lowest BCUT2D eigenvalue weighted by atomic mass is 10.0. The molecule has 32 heavy (non-hydrogen) atoms. The third-order valence-corrected chi connectivity index (χ3v) is 5.41. The van der Waals surface area contributed by atoms with Gasteiger partial charge >= 0.3 is 11.9 Å². The summed E-state index contributed by atoms with van der Waals surface area (Å²) in [6.07, 6.45) is 0.695. The quantitative estimate of drug-likeness (QED) is 0.404. The Hall–Kier alpha value is -3.74. The summed E-state index contributed by atoms with van der Waals surface area (Å²) in [7, 11) is 0. The molecule has 0 aliphatic rings. The van der Waals surface area contributed by atoms with Crippen LogP contribution in [0.25, 0.3) is 21.9 Å². The van der Waals surface area contributed by atoms with Gasteiger partial charge in [0.15, 0.2) is 0 Å². The molecule has 2 aromatic carbocycles. The largest absolute Gasteiger partial charge is 0.462 e. The SMILES string of the molecule is CCOC(=O)c1c(COC(=O)Cn2c(CC)nc3ccccc32)nc2ccccc2c1C. The van der Waals surface area contributed by atoms with E-state index in [4.69, 9.17) is 9.47 Å². The summed E-state index contributed by atoms with van der Waals surface area (Å²) in [6.45, 7) is 5.76. The first-order chi connectivity index (χ1) is 15.5. The van der Waals surface area contributed by atoms with E-state index in [0.29, 0.717) is 17.7 Å². The third kappa shape index (κ3) is 4.06. The van der Waals surface area contributed by atoms with Gasteiger partial charge < -0.3 is 14.0 Å². The number of pyridine rings is 1. The molecule has 7 heteroatoms. The van der Waals surface area contributed by atoms with Crippen LogP contribution in [0.15, 0.2) is 48.5 Å². The minimum absolute atomic E-state index is 0.0327. The van der Waals surface area contributed by atoms with Crippen molar-refractivity contribution < 1.29 is 19.1 Å². The number of imidazole rings is 1. The molecule has 0 fully saturated rings. The second-order valence-corrected chi connectivity index (χ2v) is 7.41. The Kier molecular flexibility index (Phi) is 6.16. The van der Waals surface area contributed by atoms with Gasteiger partial charge in [-0.25, -0.2) is 14.8 Å². The van der Waals surface area contributed by atoms with E-state index in [0.717, 1.165) is 33.3 Å². The first-order valence-electron chi connectivity index (χ1n) is 10.7. The molecule has 0 N–H and O–H groups in total. The van der Waals surface area contributed by atoms with Crippen molar-refractivity contribution in [2.75, 3.05) is 6.61 Å². The zero-order valence-corrected chi connectivity index (χ0v) is 18.4. The number of ether oxygens (including phenoxy) is 2. The number of benzene rings is 2. The highest BCUT2D eigenvalue weighted by molar-refractivity contribution is 5.98. The van der Waals surface area contributed by atoms with Gasteiger partial charge in [0.25, 0.3) is 0 Å². The van der Waals surface area contributed by atoms with Gasteiger partial charge in [-0.15, -0.1) is 0 Å². The van der Waals surface area contributed by atoms with Crippen LogP contribution in [-0.4, -0.2) is 33.1 Å². The van der Waals surface area contributed by atoms with Crippen molar-refractivity contribution in [3.8, 4) is 0 Å². The van der Waals surface area contributed by atoms with E-state index in [1.165, 1.54) is 0 Å². The minimum Gasteiger partial charge on any atom is -0.462 e. The lowest BCUT2D eigenvalue weighted by Crippen LogP contribution is -2.18. The fraction of sp³-hybridized carbons (Fsp3) is 0.280. The molecular formula is C25H25N3O4. The molecule has 0 amide bonds. The maximum absolute atomic E-state index is 12.7. The minimum atomic E-state index is -0.469. The lowest BCUT2D eigenvalue weighted by Gasteiger charge is -2.14. The van der Waals surface area contributed by atoms with E-state index in [1.807, 2.05) is 66.9 Å². The monoisotopic (exact) mass is 431 g/mol. The number of carbonyl (C=O) groups excluding carboxylic acids is 2. The van der Waals surface area contributed by atoms with Gasteiger partial charge in [-0.05, 0) is 37.6 Å². The van der Waals surface area contributed by atoms with Crippen LogP contribution in [0.2, 0.25) is 0 Å². The zero-order chi connectivity index (χ0) is 22.7. The summed E-state index contributed by atoms with van der Waals surface area (Å²) in [5, 5.41) is 0.864. The predicted octanol–water partition coefficient (Wildman–Crippen LogP) is 4.38. The summed E-state index contributed by atoms with van der Waals surface area (Å²) in [5.41, 5.74) is 3.95. The first kappa shape index (κ1) is 21.5. The van der Waals surface area contributed by atoms with E-state index in [2.05, 4.69) is 9.97 Å². The van der Waals surface area contributed by atoms with Gasteiger partial charge in [-0.1, -0.05) is 37.3 Å². The summed E-state index contributed by atoms with van der Waals surface area (Å²) in [5.74, 6) is -0.0801. The van der Waals surface area contributed by atoms with Crippen molar-refractivity contribution in [1.29, 1.82) is 0 Å². The molecule has 7 nitrogen and oxygen atoms in total. The van der Waals surface area contributed by atoms with Crippen LogP contribution < -0.4 is 0 Å². The van der Waals surface area contributed by atoms with Crippen LogP contribution in [0, 0.1) is 6.92 Å². The number of hydrogen-bond donors (Lipinski definition) is 0. The smallest absolute Gasteiger partial charge is 0.340 e. The molecule has 0 aliphatic heterocycles. The normalized spacial score (nSPS) is 11.1. The van der Waals surface area contributed by atoms with Crippen LogP contribution in [0.3, 0.4) is 0 Å². The van der Waals surface area contributed by atoms with Crippen LogP contribution in [-0.2, 0) is 33.8 Å². The molecule has 0 spiro atoms. The average Bonchev–Trinajstić information content (AvgIpc) is 3.15. The molecule has 4 rings (SSSR count). The van der Waals surface area contributed by atoms with E-state index in [1.54, 1.807) is 6.92 Å². The van der Waals surface area contributed by atoms with E-state index < -0.39 is 11.9 Å². The summed E-state index contributed by atoms with van der Waals surface area (Å²) in [4.78, 5) is 34.6. The molecule has 0 radical (unpaired) electrons. The lowest BCUT2D eigenvalue weighted by molar-refractivity contribution is -0.145. The van der Waals surface area contributed by atoms with Gasteiger partial charge in [-0.3, -0.25) is 4.79 Å². The standard InChI is InChI=1S/C25H25N3O4/c1-4-22-27-19-12-8-9-13-21(19)28(22)14-23(29)32-15-20-24(25(30)31-5-2)16(3)17-10-6-7-11-18(17)26-20/h6-13H,4-5,14-15H2,1-3H3. The number of para-hydroxylation sites is 3. The van der Waals surface area contributed by atoms with Crippen LogP contribution in [0.5, 0.6) is 0 Å². The zero-order valence-electron chi connectivity index (χ0n) is 18.4. The molecule has 0 atom stereocenters. The molecular weight excluding hydrogens is 406 g/mol. The highest BCUT2D eigenvalue weighted by atomic mass is 16.5. The number of esters is 2. The molecule has 0 saturated carbocycles. The maximum atomic E-state index is 12.7. The molecule has 0 unspecified atom stereocenters. The average molecular weight is 431 g/mol. The Morgan fingerprint density at radius 3 is 2.41 bits per heavy atom. The third-order valence-electron chi connectivity index (χ3n) is 5.41. The van der Waals surface area contributed by atoms with Gasteiger partial charge in [0.05, 0.1) is 34.4 Å². The molecule has 0 aliphatic carbocycles. The maximum Gasteiger partial charge on any atom is 0.340 e. The van der Waals surface area contributed by atoms with Crippen molar-refractivity contribution in [3.05, 3.63) is 71.2 Å². The first-order valence-corrected chi connectivity index (χ1v) is 10.7. The van der Waals surface area contributed by atoms with Crippen LogP contribution >= 0.6 is 0 Å². The van der Waals surface area contributed by atoms with Crippen molar-refractivity contribution in [2.24, 2.45) is 0 Å². The van der Waals surface area contributed by atoms with Crippen LogP contribution in [0.1, 0.15) is 41.3 Å². The Balaban J connectivity index is 1.61. The van der Waals surface area contributed by atoms with Gasteiger partial charge in [0.1, 0.15) is 19.0 Å². The Labute approximate surface area is 186 Å². The van der Waals surface area contributed by atoms with Crippen molar-refractivity contribution >= 4 is 33.9 Å². The molecule has 0 bridgehead atoms. The van der Waals surface area contributed by atoms with E-state index in [-0.39, 0.29) is 19.8 Å². The predicted molar refractivity (Wildman–Crippen MR) is 121 cm³/mol. The number of nitrogens with zero attached hydrogens (tertiary/aromatic N) is 3. The van der Waals surface area contributed by atoms with E-state index >= 15 is 0 Å². The molecule has 0 saturated heterocycles. The number of rotatable bonds is 7. The second kappa shape index (κ2) is 9.18. The highest BCUT2D eigenvalue weighted by Gasteiger charge is 2.21. The number of hydrogen-bond acceptors (Lipinski definition) is 6. The second-order valence-electron chi connectivity index (χ2n) is 7.41. The topological polar surface area (TPSA) is 83.3 Å². The Bertz CT molecular complexity index is 1310.